The molecule has 3 heterocycles. The molecule has 3 aliphatic heterocycles. The summed E-state index contributed by atoms with van der Waals surface area (Å²) < 4.78 is 12.0. The Morgan fingerprint density at radius 1 is 0.578 bits per heavy atom. The van der Waals surface area contributed by atoms with Gasteiger partial charge in [0, 0.05) is 28.4 Å². The van der Waals surface area contributed by atoms with Gasteiger partial charge in [-0.2, -0.15) is 0 Å². The molecule has 5 aromatic carbocycles. The standard InChI is InChI=1S/C40H39BN2O2/c1-25-21-34-37-35(22-25)43(33-13-10-14-36-38(33)45-24-44-36)31-12-9-8-11-29(31)41(37)30-23-27(40(5,6)7)17-20-32(30)42(34)28-18-15-26(16-19-28)39(2,3)4/h8-23H,24H2,1-7H3. The number of para-hydroxylation sites is 2. The number of aryl methyl sites for hydroxylation is 1. The topological polar surface area (TPSA) is 24.9 Å². The fraction of sp³-hybridized carbons (Fsp3) is 0.250. The second kappa shape index (κ2) is 9.68. The van der Waals surface area contributed by atoms with Crippen molar-refractivity contribution in [3.8, 4) is 11.5 Å². The average Bonchev–Trinajstić information content (AvgIpc) is 3.49. The van der Waals surface area contributed by atoms with Crippen LogP contribution in [0.3, 0.4) is 0 Å². The highest BCUT2D eigenvalue weighted by molar-refractivity contribution is 7.00. The number of fused-ring (bicyclic) bond motifs is 5. The zero-order valence-corrected chi connectivity index (χ0v) is 27.2. The molecule has 224 valence electrons. The monoisotopic (exact) mass is 590 g/mol. The Bertz CT molecular complexity index is 1980. The number of hydrogen-bond acceptors (Lipinski definition) is 4. The summed E-state index contributed by atoms with van der Waals surface area (Å²) in [6.07, 6.45) is 0. The van der Waals surface area contributed by atoms with E-state index < -0.39 is 0 Å². The van der Waals surface area contributed by atoms with Crippen LogP contribution in [0, 0.1) is 6.92 Å². The molecule has 0 bridgehead atoms. The van der Waals surface area contributed by atoms with Crippen molar-refractivity contribution in [1.29, 1.82) is 0 Å². The van der Waals surface area contributed by atoms with E-state index in [1.807, 2.05) is 6.07 Å². The Labute approximate surface area is 267 Å². The van der Waals surface area contributed by atoms with Gasteiger partial charge in [0.15, 0.2) is 11.5 Å². The minimum absolute atomic E-state index is 0.0206. The fourth-order valence-corrected chi connectivity index (χ4v) is 7.29. The van der Waals surface area contributed by atoms with E-state index in [0.29, 0.717) is 0 Å². The highest BCUT2D eigenvalue weighted by Gasteiger charge is 2.44. The fourth-order valence-electron chi connectivity index (χ4n) is 7.29. The summed E-state index contributed by atoms with van der Waals surface area (Å²) in [4.78, 5) is 4.88. The number of rotatable bonds is 2. The summed E-state index contributed by atoms with van der Waals surface area (Å²) in [5, 5.41) is 0. The molecule has 0 N–H and O–H groups in total. The van der Waals surface area contributed by atoms with Crippen LogP contribution in [0.1, 0.15) is 58.2 Å². The SMILES string of the molecule is Cc1cc2c3c(c1)N(c1cccc4c1OCO4)c1ccccc1B3c1cc(C(C)(C)C)ccc1N2c1ccc(C(C)(C)C)cc1. The van der Waals surface area contributed by atoms with Gasteiger partial charge in [-0.15, -0.1) is 0 Å². The van der Waals surface area contributed by atoms with Crippen LogP contribution in [-0.2, 0) is 10.8 Å². The molecule has 0 saturated heterocycles. The van der Waals surface area contributed by atoms with Crippen LogP contribution in [0.4, 0.5) is 34.1 Å². The molecule has 0 saturated carbocycles. The van der Waals surface area contributed by atoms with Crippen molar-refractivity contribution in [2.45, 2.75) is 59.3 Å². The molecule has 0 radical (unpaired) electrons. The number of nitrogens with zero attached hydrogens (tertiary/aromatic N) is 2. The van der Waals surface area contributed by atoms with Gasteiger partial charge in [-0.1, -0.05) is 90.1 Å². The Morgan fingerprint density at radius 2 is 1.22 bits per heavy atom. The zero-order valence-electron chi connectivity index (χ0n) is 27.2. The van der Waals surface area contributed by atoms with Gasteiger partial charge < -0.3 is 19.3 Å². The van der Waals surface area contributed by atoms with Gasteiger partial charge in [0.05, 0.1) is 5.69 Å². The molecule has 0 spiro atoms. The summed E-state index contributed by atoms with van der Waals surface area (Å²) in [6.45, 7) is 16.3. The van der Waals surface area contributed by atoms with E-state index in [9.17, 15) is 0 Å². The van der Waals surface area contributed by atoms with E-state index in [0.717, 1.165) is 17.2 Å². The van der Waals surface area contributed by atoms with Crippen molar-refractivity contribution in [3.05, 3.63) is 114 Å². The lowest BCUT2D eigenvalue weighted by Gasteiger charge is -2.44. The van der Waals surface area contributed by atoms with Crippen molar-refractivity contribution >= 4 is 57.2 Å². The first-order valence-electron chi connectivity index (χ1n) is 16.0. The summed E-state index contributed by atoms with van der Waals surface area (Å²) in [5.41, 5.74) is 14.9. The minimum atomic E-state index is 0.0206. The van der Waals surface area contributed by atoms with Crippen LogP contribution in [0.25, 0.3) is 0 Å². The number of benzene rings is 5. The molecular weight excluding hydrogens is 551 g/mol. The second-order valence-corrected chi connectivity index (χ2v) is 14.7. The second-order valence-electron chi connectivity index (χ2n) is 14.7. The molecule has 45 heavy (non-hydrogen) atoms. The lowest BCUT2D eigenvalue weighted by molar-refractivity contribution is 0.174. The van der Waals surface area contributed by atoms with Crippen LogP contribution in [-0.4, -0.2) is 13.5 Å². The van der Waals surface area contributed by atoms with Crippen LogP contribution in [0.2, 0.25) is 0 Å². The molecule has 8 rings (SSSR count). The van der Waals surface area contributed by atoms with Crippen molar-refractivity contribution in [2.24, 2.45) is 0 Å². The highest BCUT2D eigenvalue weighted by Crippen LogP contribution is 2.50. The predicted molar refractivity (Wildman–Crippen MR) is 189 cm³/mol. The third-order valence-electron chi connectivity index (χ3n) is 9.59. The van der Waals surface area contributed by atoms with E-state index in [1.165, 1.54) is 61.5 Å². The van der Waals surface area contributed by atoms with Gasteiger partial charge in [-0.05, 0) is 99.4 Å². The Kier molecular flexibility index (Phi) is 6.00. The quantitative estimate of drug-likeness (QED) is 0.189. The molecule has 0 unspecified atom stereocenters. The maximum absolute atomic E-state index is 6.10. The van der Waals surface area contributed by atoms with E-state index >= 15 is 0 Å². The first kappa shape index (κ1) is 27.9. The van der Waals surface area contributed by atoms with Crippen molar-refractivity contribution in [1.82, 2.24) is 0 Å². The van der Waals surface area contributed by atoms with Gasteiger partial charge in [0.1, 0.15) is 0 Å². The maximum Gasteiger partial charge on any atom is 0.252 e. The van der Waals surface area contributed by atoms with Gasteiger partial charge in [-0.3, -0.25) is 0 Å². The molecule has 5 heteroatoms. The van der Waals surface area contributed by atoms with Crippen molar-refractivity contribution < 1.29 is 9.47 Å². The van der Waals surface area contributed by atoms with Crippen molar-refractivity contribution in [3.63, 3.8) is 0 Å². The van der Waals surface area contributed by atoms with E-state index in [1.54, 1.807) is 0 Å². The molecule has 0 amide bonds. The Balaban J connectivity index is 1.45. The third kappa shape index (κ3) is 4.28. The van der Waals surface area contributed by atoms with Crippen LogP contribution < -0.4 is 35.7 Å². The zero-order chi connectivity index (χ0) is 31.2. The van der Waals surface area contributed by atoms with Gasteiger partial charge >= 0.3 is 0 Å². The Hall–Kier alpha value is -4.64. The molecular formula is C40H39BN2O2. The predicted octanol–water partition coefficient (Wildman–Crippen LogP) is 8.40. The van der Waals surface area contributed by atoms with Crippen molar-refractivity contribution in [2.75, 3.05) is 16.6 Å². The average molecular weight is 591 g/mol. The summed E-state index contributed by atoms with van der Waals surface area (Å²) >= 11 is 0. The first-order chi connectivity index (χ1) is 21.5. The molecule has 3 aliphatic rings. The van der Waals surface area contributed by atoms with E-state index in [2.05, 4.69) is 149 Å². The molecule has 5 aromatic rings. The lowest BCUT2D eigenvalue weighted by atomic mass is 9.33. The Morgan fingerprint density at radius 3 is 1.96 bits per heavy atom. The number of anilines is 6. The maximum atomic E-state index is 6.10. The van der Waals surface area contributed by atoms with Gasteiger partial charge in [0.25, 0.3) is 6.71 Å². The molecule has 0 aliphatic carbocycles. The normalized spacial score (nSPS) is 14.7. The first-order valence-corrected chi connectivity index (χ1v) is 16.0. The summed E-state index contributed by atoms with van der Waals surface area (Å²) in [5.74, 6) is 1.58. The van der Waals surface area contributed by atoms with Crippen LogP contribution in [0.15, 0.2) is 97.1 Å². The lowest BCUT2D eigenvalue weighted by Crippen LogP contribution is -2.61. The van der Waals surface area contributed by atoms with Crippen LogP contribution in [0.5, 0.6) is 11.5 Å². The highest BCUT2D eigenvalue weighted by atomic mass is 16.7. The minimum Gasteiger partial charge on any atom is -0.454 e. The largest absolute Gasteiger partial charge is 0.454 e. The van der Waals surface area contributed by atoms with Gasteiger partial charge in [-0.25, -0.2) is 0 Å². The molecule has 4 nitrogen and oxygen atoms in total. The van der Waals surface area contributed by atoms with Crippen LogP contribution >= 0.6 is 0 Å². The number of ether oxygens (including phenoxy) is 2. The molecule has 0 aromatic heterocycles. The molecule has 0 atom stereocenters. The third-order valence-corrected chi connectivity index (χ3v) is 9.59. The molecule has 0 fully saturated rings. The summed E-state index contributed by atoms with van der Waals surface area (Å²) in [6, 6.07) is 36.1. The van der Waals surface area contributed by atoms with E-state index in [-0.39, 0.29) is 24.3 Å². The van der Waals surface area contributed by atoms with Gasteiger partial charge in [0.2, 0.25) is 6.79 Å². The van der Waals surface area contributed by atoms with E-state index in [4.69, 9.17) is 9.47 Å². The summed E-state index contributed by atoms with van der Waals surface area (Å²) in [7, 11) is 0. The number of hydrogen-bond donors (Lipinski definition) is 0. The smallest absolute Gasteiger partial charge is 0.252 e.